The first-order valence-corrected chi connectivity index (χ1v) is 15.2. The minimum atomic E-state index is -3.44. The van der Waals surface area contributed by atoms with E-state index in [2.05, 4.69) is 0 Å². The van der Waals surface area contributed by atoms with E-state index in [0.29, 0.717) is 25.7 Å². The Labute approximate surface area is 208 Å². The standard InChI is InChI=1S/C10H22O7S6.2Na/c11-20(12)6-2-1-5-19-23(16,17)10-9-22(15,18)8-4-3-7-21(13)14;;/h1-10H2,(H,11,12)(H,13,14);;/q;2*+1/p-2. The van der Waals surface area contributed by atoms with Crippen molar-refractivity contribution in [2.45, 2.75) is 25.7 Å². The van der Waals surface area contributed by atoms with Crippen LogP contribution in [0.5, 0.6) is 0 Å². The Kier molecular flexibility index (Phi) is 23.1. The van der Waals surface area contributed by atoms with E-state index in [9.17, 15) is 30.1 Å². The van der Waals surface area contributed by atoms with Gasteiger partial charge in [-0.3, -0.25) is 12.6 Å². The Hall–Kier alpha value is 2.89. The molecule has 0 N–H and O–H groups in total. The van der Waals surface area contributed by atoms with Crippen LogP contribution in [0.4, 0.5) is 0 Å². The first-order valence-electron chi connectivity index (χ1n) is 6.73. The third kappa shape index (κ3) is 23.0. The molecule has 0 amide bonds. The molecule has 0 heterocycles. The fourth-order valence-corrected chi connectivity index (χ4v) is 8.74. The molecule has 3 unspecified atom stereocenters. The van der Waals surface area contributed by atoms with E-state index in [1.165, 1.54) is 0 Å². The Bertz CT molecular complexity index is 593. The van der Waals surface area contributed by atoms with Crippen molar-refractivity contribution in [3.8, 4) is 0 Å². The van der Waals surface area contributed by atoms with Crippen LogP contribution in [-0.4, -0.2) is 64.7 Å². The van der Waals surface area contributed by atoms with Crippen LogP contribution in [-0.2, 0) is 50.7 Å². The maximum absolute atomic E-state index is 12.0. The molecule has 3 atom stereocenters. The van der Waals surface area contributed by atoms with Gasteiger partial charge in [0.05, 0.1) is 5.75 Å². The number of unbranched alkanes of at least 4 members (excludes halogenated alkanes) is 2. The topological polar surface area (TPSA) is 131 Å². The molecule has 0 aliphatic heterocycles. The summed E-state index contributed by atoms with van der Waals surface area (Å²) in [5.74, 6) is -0.00588. The predicted molar refractivity (Wildman–Crippen MR) is 97.5 cm³/mol. The molecule has 0 aromatic heterocycles. The van der Waals surface area contributed by atoms with Crippen molar-refractivity contribution in [2.24, 2.45) is 0 Å². The molecular formula is C10H20Na2O7S6. The zero-order valence-electron chi connectivity index (χ0n) is 14.4. The normalized spacial score (nSPS) is 16.1. The largest absolute Gasteiger partial charge is 1.00 e. The van der Waals surface area contributed by atoms with Gasteiger partial charge in [-0.05, 0) is 47.7 Å². The molecule has 0 aromatic rings. The van der Waals surface area contributed by atoms with Gasteiger partial charge in [-0.25, -0.2) is 8.42 Å². The smallest absolute Gasteiger partial charge is 0.772 e. The van der Waals surface area contributed by atoms with E-state index in [0.717, 1.165) is 10.8 Å². The fraction of sp³-hybridized carbons (Fsp3) is 1.00. The van der Waals surface area contributed by atoms with Gasteiger partial charge >= 0.3 is 59.1 Å². The van der Waals surface area contributed by atoms with Crippen LogP contribution in [0.25, 0.3) is 0 Å². The molecule has 0 aliphatic carbocycles. The van der Waals surface area contributed by atoms with Gasteiger partial charge in [0, 0.05) is 37.3 Å². The molecule has 0 aliphatic rings. The van der Waals surface area contributed by atoms with Gasteiger partial charge in [0.2, 0.25) is 8.87 Å². The van der Waals surface area contributed by atoms with Crippen LogP contribution in [0.1, 0.15) is 25.7 Å². The van der Waals surface area contributed by atoms with Gasteiger partial charge in [-0.1, -0.05) is 22.2 Å². The SMILES string of the molecule is O=S([O-])CCCCSS(=O)(=O)CCS(=O)(=S)CCCCS(=O)[O-].[Na+].[Na+]. The second kappa shape index (κ2) is 17.7. The molecule has 0 bridgehead atoms. The summed E-state index contributed by atoms with van der Waals surface area (Å²) in [6.07, 6.45) is 1.60. The Morgan fingerprint density at radius 1 is 0.800 bits per heavy atom. The molecule has 0 spiro atoms. The van der Waals surface area contributed by atoms with E-state index < -0.39 is 39.5 Å². The number of hydrogen-bond donors (Lipinski definition) is 0. The number of rotatable bonds is 14. The molecule has 7 nitrogen and oxygen atoms in total. The molecule has 15 heteroatoms. The van der Waals surface area contributed by atoms with E-state index in [-0.39, 0.29) is 93.6 Å². The van der Waals surface area contributed by atoms with Crippen molar-refractivity contribution in [3.63, 3.8) is 0 Å². The van der Waals surface area contributed by atoms with Crippen LogP contribution in [0.3, 0.4) is 0 Å². The summed E-state index contributed by atoms with van der Waals surface area (Å²) in [7, 11) is -5.42. The van der Waals surface area contributed by atoms with Crippen LogP contribution in [0.2, 0.25) is 0 Å². The van der Waals surface area contributed by atoms with E-state index in [4.69, 9.17) is 11.2 Å². The van der Waals surface area contributed by atoms with E-state index in [1.807, 2.05) is 0 Å². The van der Waals surface area contributed by atoms with Crippen molar-refractivity contribution in [1.82, 2.24) is 0 Å². The molecule has 0 fully saturated rings. The first kappa shape index (κ1) is 32.6. The predicted octanol–water partition coefficient (Wildman–Crippen LogP) is -5.88. The third-order valence-corrected chi connectivity index (χ3v) is 10.5. The van der Waals surface area contributed by atoms with Crippen molar-refractivity contribution in [2.75, 3.05) is 34.5 Å². The van der Waals surface area contributed by atoms with Crippen molar-refractivity contribution in [3.05, 3.63) is 0 Å². The van der Waals surface area contributed by atoms with E-state index in [1.54, 1.807) is 0 Å². The average molecular weight is 491 g/mol. The summed E-state index contributed by atoms with van der Waals surface area (Å²) in [6.45, 7) is 0. The van der Waals surface area contributed by atoms with Crippen LogP contribution in [0, 0.1) is 0 Å². The second-order valence-electron chi connectivity index (χ2n) is 4.67. The third-order valence-electron chi connectivity index (χ3n) is 2.63. The fourth-order valence-electron chi connectivity index (χ4n) is 1.44. The first-order chi connectivity index (χ1) is 10.5. The second-order valence-corrected chi connectivity index (χ2v) is 15.2. The minimum absolute atomic E-state index is 0. The molecule has 0 saturated heterocycles. The van der Waals surface area contributed by atoms with Crippen LogP contribution >= 0.6 is 10.8 Å². The van der Waals surface area contributed by atoms with Gasteiger partial charge in [-0.15, -0.1) is 0 Å². The van der Waals surface area contributed by atoms with Gasteiger partial charge in [-0.2, -0.15) is 0 Å². The van der Waals surface area contributed by atoms with Crippen molar-refractivity contribution >= 4 is 61.5 Å². The van der Waals surface area contributed by atoms with Gasteiger partial charge in [0.25, 0.3) is 0 Å². The minimum Gasteiger partial charge on any atom is -0.772 e. The summed E-state index contributed by atoms with van der Waals surface area (Å²) >= 11 is 0.658. The molecule has 0 rings (SSSR count). The molecular weight excluding hydrogens is 470 g/mol. The summed E-state index contributed by atoms with van der Waals surface area (Å²) in [5, 5.41) is 0. The van der Waals surface area contributed by atoms with Crippen molar-refractivity contribution < 1.29 is 89.3 Å². The Morgan fingerprint density at radius 3 is 1.76 bits per heavy atom. The Morgan fingerprint density at radius 2 is 1.28 bits per heavy atom. The Balaban J connectivity index is -0.00000242. The zero-order chi connectivity index (χ0) is 17.9. The van der Waals surface area contributed by atoms with Gasteiger partial charge < -0.3 is 9.11 Å². The van der Waals surface area contributed by atoms with Gasteiger partial charge in [0.15, 0.2) is 0 Å². The summed E-state index contributed by atoms with van der Waals surface area (Å²) in [4.78, 5) is 0. The zero-order valence-corrected chi connectivity index (χ0v) is 23.3. The summed E-state index contributed by atoms with van der Waals surface area (Å²) < 4.78 is 76.9. The quantitative estimate of drug-likeness (QED) is 0.101. The molecule has 0 aromatic carbocycles. The van der Waals surface area contributed by atoms with Crippen LogP contribution in [0.15, 0.2) is 0 Å². The summed E-state index contributed by atoms with van der Waals surface area (Å²) in [6, 6.07) is 0. The molecule has 140 valence electrons. The maximum Gasteiger partial charge on any atom is 1.00 e. The molecule has 0 radical (unpaired) electrons. The van der Waals surface area contributed by atoms with E-state index >= 15 is 0 Å². The maximum atomic E-state index is 12.0. The monoisotopic (exact) mass is 490 g/mol. The average Bonchev–Trinajstić information content (AvgIpc) is 2.41. The molecule has 0 saturated carbocycles. The van der Waals surface area contributed by atoms with Crippen LogP contribution < -0.4 is 59.1 Å². The van der Waals surface area contributed by atoms with Gasteiger partial charge in [0.1, 0.15) is 0 Å². The number of hydrogen-bond acceptors (Lipinski definition) is 9. The summed E-state index contributed by atoms with van der Waals surface area (Å²) in [5.41, 5.74) is 0. The molecule has 25 heavy (non-hydrogen) atoms. The van der Waals surface area contributed by atoms with Crippen molar-refractivity contribution in [1.29, 1.82) is 0 Å².